The van der Waals surface area contributed by atoms with Crippen molar-refractivity contribution in [3.05, 3.63) is 71.3 Å². The van der Waals surface area contributed by atoms with Crippen LogP contribution >= 0.6 is 0 Å². The largest absolute Gasteiger partial charge is 0.353 e. The number of amides is 2. The first-order chi connectivity index (χ1) is 12.7. The lowest BCUT2D eigenvalue weighted by Gasteiger charge is -2.30. The minimum atomic E-state index is -0.216. The molecule has 1 saturated carbocycles. The number of benzene rings is 2. The molecule has 1 fully saturated rings. The molecule has 4 nitrogen and oxygen atoms in total. The highest BCUT2D eigenvalue weighted by Crippen LogP contribution is 2.33. The first-order valence-corrected chi connectivity index (χ1v) is 9.45. The second-order valence-electron chi connectivity index (χ2n) is 7.36. The van der Waals surface area contributed by atoms with Crippen LogP contribution in [0.2, 0.25) is 0 Å². The van der Waals surface area contributed by atoms with E-state index in [4.69, 9.17) is 0 Å². The number of hydrogen-bond acceptors (Lipinski definition) is 2. The van der Waals surface area contributed by atoms with Crippen molar-refractivity contribution in [2.75, 3.05) is 0 Å². The summed E-state index contributed by atoms with van der Waals surface area (Å²) in [6.45, 7) is 0. The minimum Gasteiger partial charge on any atom is -0.353 e. The quantitative estimate of drug-likeness (QED) is 0.885. The molecule has 0 saturated heterocycles. The van der Waals surface area contributed by atoms with Gasteiger partial charge < -0.3 is 10.6 Å². The van der Waals surface area contributed by atoms with Gasteiger partial charge in [-0.05, 0) is 42.4 Å². The summed E-state index contributed by atoms with van der Waals surface area (Å²) in [5, 5.41) is 6.12. The van der Waals surface area contributed by atoms with Gasteiger partial charge in [0.05, 0.1) is 12.5 Å². The third-order valence-electron chi connectivity index (χ3n) is 5.59. The Bertz CT molecular complexity index is 803. The summed E-state index contributed by atoms with van der Waals surface area (Å²) >= 11 is 0. The van der Waals surface area contributed by atoms with Crippen LogP contribution in [0.1, 0.15) is 65.5 Å². The highest BCUT2D eigenvalue weighted by atomic mass is 16.2. The smallest absolute Gasteiger partial charge is 0.252 e. The predicted octanol–water partition coefficient (Wildman–Crippen LogP) is 3.70. The first-order valence-electron chi connectivity index (χ1n) is 9.45. The molecule has 0 spiro atoms. The zero-order valence-electron chi connectivity index (χ0n) is 14.8. The second kappa shape index (κ2) is 7.32. The van der Waals surface area contributed by atoms with E-state index in [9.17, 15) is 9.59 Å². The second-order valence-corrected chi connectivity index (χ2v) is 7.36. The van der Waals surface area contributed by atoms with E-state index in [1.807, 2.05) is 30.3 Å². The van der Waals surface area contributed by atoms with Gasteiger partial charge in [-0.25, -0.2) is 0 Å². The molecule has 1 aliphatic heterocycles. The number of carbonyl (C=O) groups is 2. The highest BCUT2D eigenvalue weighted by molar-refractivity contribution is 5.99. The van der Waals surface area contributed by atoms with E-state index in [0.717, 1.165) is 24.8 Å². The van der Waals surface area contributed by atoms with Gasteiger partial charge in [-0.2, -0.15) is 0 Å². The maximum atomic E-state index is 12.6. The van der Waals surface area contributed by atoms with Crippen molar-refractivity contribution < 1.29 is 9.59 Å². The van der Waals surface area contributed by atoms with Crippen LogP contribution < -0.4 is 10.6 Å². The minimum absolute atomic E-state index is 0.0192. The molecule has 2 aromatic rings. The SMILES string of the molecule is O=C(CC1NC(=O)c2ccccc21)NC1CCCC(c2ccccc2)C1. The monoisotopic (exact) mass is 348 g/mol. The van der Waals surface area contributed by atoms with Gasteiger partial charge in [-0.15, -0.1) is 0 Å². The van der Waals surface area contributed by atoms with Crippen molar-refractivity contribution >= 4 is 11.8 Å². The lowest BCUT2D eigenvalue weighted by Crippen LogP contribution is -2.39. The van der Waals surface area contributed by atoms with Crippen molar-refractivity contribution in [2.24, 2.45) is 0 Å². The molecule has 4 rings (SSSR count). The number of fused-ring (bicyclic) bond motifs is 1. The Balaban J connectivity index is 1.36. The number of nitrogens with one attached hydrogen (secondary N) is 2. The van der Waals surface area contributed by atoms with Crippen LogP contribution in [0, 0.1) is 0 Å². The van der Waals surface area contributed by atoms with Crippen LogP contribution in [0.3, 0.4) is 0 Å². The van der Waals surface area contributed by atoms with E-state index in [2.05, 4.69) is 34.9 Å². The highest BCUT2D eigenvalue weighted by Gasteiger charge is 2.31. The summed E-state index contributed by atoms with van der Waals surface area (Å²) in [4.78, 5) is 24.6. The van der Waals surface area contributed by atoms with E-state index < -0.39 is 0 Å². The Morgan fingerprint density at radius 3 is 2.65 bits per heavy atom. The fraction of sp³-hybridized carbons (Fsp3) is 0.364. The van der Waals surface area contributed by atoms with Crippen molar-refractivity contribution in [3.8, 4) is 0 Å². The van der Waals surface area contributed by atoms with Gasteiger partial charge in [-0.3, -0.25) is 9.59 Å². The molecular weight excluding hydrogens is 324 g/mol. The fourth-order valence-corrected chi connectivity index (χ4v) is 4.30. The van der Waals surface area contributed by atoms with Crippen molar-refractivity contribution in [2.45, 2.75) is 50.1 Å². The topological polar surface area (TPSA) is 58.2 Å². The van der Waals surface area contributed by atoms with Gasteiger partial charge in [0.1, 0.15) is 0 Å². The van der Waals surface area contributed by atoms with Crippen molar-refractivity contribution in [1.82, 2.24) is 10.6 Å². The summed E-state index contributed by atoms with van der Waals surface area (Å²) < 4.78 is 0. The van der Waals surface area contributed by atoms with Crippen LogP contribution in [0.4, 0.5) is 0 Å². The molecule has 3 unspecified atom stereocenters. The third-order valence-corrected chi connectivity index (χ3v) is 5.59. The summed E-state index contributed by atoms with van der Waals surface area (Å²) in [7, 11) is 0. The summed E-state index contributed by atoms with van der Waals surface area (Å²) in [5.74, 6) is 0.452. The van der Waals surface area contributed by atoms with Crippen LogP contribution in [0.15, 0.2) is 54.6 Å². The Morgan fingerprint density at radius 2 is 1.81 bits per heavy atom. The normalized spacial score (nSPS) is 24.6. The van der Waals surface area contributed by atoms with Gasteiger partial charge >= 0.3 is 0 Å². The summed E-state index contributed by atoms with van der Waals surface area (Å²) in [6.07, 6.45) is 4.64. The summed E-state index contributed by atoms with van der Waals surface area (Å²) in [5.41, 5.74) is 2.98. The van der Waals surface area contributed by atoms with Gasteiger partial charge in [-0.1, -0.05) is 55.0 Å². The van der Waals surface area contributed by atoms with E-state index in [-0.39, 0.29) is 23.9 Å². The van der Waals surface area contributed by atoms with E-state index >= 15 is 0 Å². The molecule has 26 heavy (non-hydrogen) atoms. The molecule has 4 heteroatoms. The zero-order chi connectivity index (χ0) is 17.9. The molecule has 134 valence electrons. The Hall–Kier alpha value is -2.62. The fourth-order valence-electron chi connectivity index (χ4n) is 4.30. The van der Waals surface area contributed by atoms with Crippen molar-refractivity contribution in [3.63, 3.8) is 0 Å². The first kappa shape index (κ1) is 16.8. The molecule has 0 aromatic heterocycles. The average Bonchev–Trinajstić information content (AvgIpc) is 2.98. The molecule has 2 aromatic carbocycles. The molecule has 0 radical (unpaired) electrons. The Morgan fingerprint density at radius 1 is 1.04 bits per heavy atom. The predicted molar refractivity (Wildman–Crippen MR) is 101 cm³/mol. The molecule has 3 atom stereocenters. The van der Waals surface area contributed by atoms with Gasteiger partial charge in [0.2, 0.25) is 5.91 Å². The molecule has 2 N–H and O–H groups in total. The van der Waals surface area contributed by atoms with E-state index in [1.54, 1.807) is 0 Å². The summed E-state index contributed by atoms with van der Waals surface area (Å²) in [6, 6.07) is 18.1. The third kappa shape index (κ3) is 3.50. The van der Waals surface area contributed by atoms with Crippen LogP contribution in [0.5, 0.6) is 0 Å². The lowest BCUT2D eigenvalue weighted by molar-refractivity contribution is -0.122. The zero-order valence-corrected chi connectivity index (χ0v) is 14.8. The number of hydrogen-bond donors (Lipinski definition) is 2. The lowest BCUT2D eigenvalue weighted by atomic mass is 9.81. The molecule has 0 bridgehead atoms. The van der Waals surface area contributed by atoms with E-state index in [1.165, 1.54) is 12.0 Å². The molecule has 2 amide bonds. The molecule has 1 heterocycles. The molecular formula is C22H24N2O2. The Kier molecular flexibility index (Phi) is 4.74. The number of rotatable bonds is 4. The number of carbonyl (C=O) groups excluding carboxylic acids is 2. The van der Waals surface area contributed by atoms with E-state index in [0.29, 0.717) is 17.9 Å². The van der Waals surface area contributed by atoms with Gasteiger partial charge in [0.25, 0.3) is 5.91 Å². The molecule has 2 aliphatic rings. The maximum Gasteiger partial charge on any atom is 0.252 e. The van der Waals surface area contributed by atoms with Crippen molar-refractivity contribution in [1.29, 1.82) is 0 Å². The van der Waals surface area contributed by atoms with Crippen LogP contribution in [-0.2, 0) is 4.79 Å². The Labute approximate surface area is 154 Å². The van der Waals surface area contributed by atoms with Gasteiger partial charge in [0, 0.05) is 11.6 Å². The average molecular weight is 348 g/mol. The standard InChI is InChI=1S/C22H24N2O2/c25-21(14-20-18-11-4-5-12-19(18)22(26)24-20)23-17-10-6-9-16(13-17)15-7-2-1-3-8-15/h1-5,7-8,11-12,16-17,20H,6,9-10,13-14H2,(H,23,25)(H,24,26). The van der Waals surface area contributed by atoms with Gasteiger partial charge in [0.15, 0.2) is 0 Å². The maximum absolute atomic E-state index is 12.6. The van der Waals surface area contributed by atoms with Crippen LogP contribution in [-0.4, -0.2) is 17.9 Å². The molecule has 1 aliphatic carbocycles. The van der Waals surface area contributed by atoms with Crippen LogP contribution in [0.25, 0.3) is 0 Å².